The molecule has 0 heteroatoms. The Morgan fingerprint density at radius 1 is 1.07 bits per heavy atom. The first-order valence-electron chi connectivity index (χ1n) is 5.70. The first-order chi connectivity index (χ1) is 7.24. The molecule has 0 aliphatic carbocycles. The first-order valence-corrected chi connectivity index (χ1v) is 5.70. The molecule has 0 aliphatic heterocycles. The van der Waals surface area contributed by atoms with Gasteiger partial charge in [0.05, 0.1) is 0 Å². The van der Waals surface area contributed by atoms with Crippen molar-refractivity contribution in [1.82, 2.24) is 0 Å². The summed E-state index contributed by atoms with van der Waals surface area (Å²) < 4.78 is 0. The minimum atomic E-state index is 0.812. The predicted molar refractivity (Wildman–Crippen MR) is 65.2 cm³/mol. The minimum absolute atomic E-state index is 0.812. The summed E-state index contributed by atoms with van der Waals surface area (Å²) in [5.74, 6) is 2.43. The zero-order chi connectivity index (χ0) is 11.1. The van der Waals surface area contributed by atoms with Crippen LogP contribution in [0, 0.1) is 26.2 Å². The second kappa shape index (κ2) is 6.30. The molecule has 0 saturated heterocycles. The lowest BCUT2D eigenvalue weighted by Gasteiger charge is -2.04. The minimum Gasteiger partial charge on any atom is -0.0891 e. The maximum Gasteiger partial charge on any atom is 0.00989 e. The fraction of sp³-hybridized carbons (Fsp3) is 0.467. The molecule has 0 unspecified atom stereocenters. The van der Waals surface area contributed by atoms with Crippen molar-refractivity contribution >= 4 is 0 Å². The van der Waals surface area contributed by atoms with E-state index in [9.17, 15) is 0 Å². The van der Waals surface area contributed by atoms with E-state index in [1.807, 2.05) is 0 Å². The summed E-state index contributed by atoms with van der Waals surface area (Å²) in [7, 11) is 0. The van der Waals surface area contributed by atoms with Crippen LogP contribution in [0.3, 0.4) is 0 Å². The van der Waals surface area contributed by atoms with Crippen LogP contribution in [0.1, 0.15) is 42.4 Å². The molecule has 1 radical (unpaired) electrons. The second-order valence-electron chi connectivity index (χ2n) is 4.16. The largest absolute Gasteiger partial charge is 0.0891 e. The third kappa shape index (κ3) is 4.21. The fourth-order valence-electron chi connectivity index (χ4n) is 1.68. The summed E-state index contributed by atoms with van der Waals surface area (Å²) in [6.07, 6.45) is 12.3. The number of aryl methyl sites for hydroxylation is 3. The van der Waals surface area contributed by atoms with E-state index in [0.29, 0.717) is 0 Å². The quantitative estimate of drug-likeness (QED) is 0.497. The van der Waals surface area contributed by atoms with Crippen LogP contribution in [0.4, 0.5) is 0 Å². The Bertz CT molecular complexity index is 342. The maximum absolute atomic E-state index is 6.80. The molecular formula is C15H19. The third-order valence-electron chi connectivity index (χ3n) is 2.84. The Morgan fingerprint density at radius 3 is 2.53 bits per heavy atom. The van der Waals surface area contributed by atoms with Gasteiger partial charge in [-0.2, -0.15) is 0 Å². The van der Waals surface area contributed by atoms with Gasteiger partial charge >= 0.3 is 0 Å². The van der Waals surface area contributed by atoms with Gasteiger partial charge in [0, 0.05) is 6.42 Å². The van der Waals surface area contributed by atoms with E-state index in [0.717, 1.165) is 12.8 Å². The van der Waals surface area contributed by atoms with Crippen LogP contribution in [0.5, 0.6) is 0 Å². The lowest BCUT2D eigenvalue weighted by Crippen LogP contribution is -1.89. The highest BCUT2D eigenvalue weighted by Crippen LogP contribution is 2.12. The van der Waals surface area contributed by atoms with Crippen molar-refractivity contribution in [2.75, 3.05) is 0 Å². The van der Waals surface area contributed by atoms with Crippen molar-refractivity contribution in [3.63, 3.8) is 0 Å². The topological polar surface area (TPSA) is 0 Å². The lowest BCUT2D eigenvalue weighted by atomic mass is 10.0. The molecule has 1 rings (SSSR count). The molecule has 0 fully saturated rings. The zero-order valence-corrected chi connectivity index (χ0v) is 9.77. The van der Waals surface area contributed by atoms with Gasteiger partial charge in [-0.15, -0.1) is 0 Å². The molecule has 1 aromatic rings. The molecule has 0 nitrogen and oxygen atoms in total. The van der Waals surface area contributed by atoms with E-state index in [1.54, 1.807) is 0 Å². The summed E-state index contributed by atoms with van der Waals surface area (Å²) in [6.45, 7) is 4.32. The van der Waals surface area contributed by atoms with Crippen LogP contribution in [0.2, 0.25) is 0 Å². The Labute approximate surface area is 93.7 Å². The van der Waals surface area contributed by atoms with Crippen molar-refractivity contribution in [3.05, 3.63) is 41.3 Å². The van der Waals surface area contributed by atoms with Gasteiger partial charge in [-0.1, -0.05) is 30.5 Å². The molecule has 0 amide bonds. The molecule has 1 aromatic carbocycles. The smallest absolute Gasteiger partial charge is 0.00989 e. The first kappa shape index (κ1) is 11.9. The molecule has 0 aromatic heterocycles. The monoisotopic (exact) mass is 199 g/mol. The number of hydrogen-bond donors (Lipinski definition) is 0. The number of rotatable bonds is 5. The number of hydrogen-bond acceptors (Lipinski definition) is 0. The van der Waals surface area contributed by atoms with Crippen LogP contribution in [0.15, 0.2) is 18.2 Å². The van der Waals surface area contributed by atoms with Crippen molar-refractivity contribution in [2.24, 2.45) is 0 Å². The van der Waals surface area contributed by atoms with Gasteiger partial charge in [-0.05, 0) is 56.2 Å². The SMILES string of the molecule is [C]#CCCCCCc1ccc(C)c(C)c1. The maximum atomic E-state index is 6.80. The molecule has 0 atom stereocenters. The van der Waals surface area contributed by atoms with E-state index in [2.05, 4.69) is 38.0 Å². The average molecular weight is 199 g/mol. The summed E-state index contributed by atoms with van der Waals surface area (Å²) in [5.41, 5.74) is 4.20. The van der Waals surface area contributed by atoms with Crippen LogP contribution in [-0.4, -0.2) is 0 Å². The average Bonchev–Trinajstić information content (AvgIpc) is 2.23. The van der Waals surface area contributed by atoms with E-state index in [4.69, 9.17) is 6.42 Å². The van der Waals surface area contributed by atoms with Gasteiger partial charge in [-0.3, -0.25) is 0 Å². The molecule has 0 aliphatic rings. The van der Waals surface area contributed by atoms with Gasteiger partial charge in [0.2, 0.25) is 0 Å². The van der Waals surface area contributed by atoms with Gasteiger partial charge in [-0.25, -0.2) is 0 Å². The highest BCUT2D eigenvalue weighted by atomic mass is 14.0. The van der Waals surface area contributed by atoms with E-state index >= 15 is 0 Å². The second-order valence-corrected chi connectivity index (χ2v) is 4.16. The third-order valence-corrected chi connectivity index (χ3v) is 2.84. The number of unbranched alkanes of at least 4 members (excludes halogenated alkanes) is 3. The van der Waals surface area contributed by atoms with Crippen LogP contribution >= 0.6 is 0 Å². The normalized spacial score (nSPS) is 9.93. The van der Waals surface area contributed by atoms with Gasteiger partial charge in [0.1, 0.15) is 0 Å². The Balaban J connectivity index is 2.32. The van der Waals surface area contributed by atoms with Gasteiger partial charge in [0.15, 0.2) is 0 Å². The molecular weight excluding hydrogens is 180 g/mol. The summed E-state index contributed by atoms with van der Waals surface area (Å²) in [4.78, 5) is 0. The van der Waals surface area contributed by atoms with Crippen molar-refractivity contribution in [3.8, 4) is 5.92 Å². The molecule has 0 heterocycles. The highest BCUT2D eigenvalue weighted by molar-refractivity contribution is 5.29. The van der Waals surface area contributed by atoms with Crippen LogP contribution in [-0.2, 0) is 6.42 Å². The van der Waals surface area contributed by atoms with E-state index in [1.165, 1.54) is 36.0 Å². The molecule has 0 saturated carbocycles. The lowest BCUT2D eigenvalue weighted by molar-refractivity contribution is 0.692. The van der Waals surface area contributed by atoms with E-state index in [-0.39, 0.29) is 0 Å². The van der Waals surface area contributed by atoms with Crippen molar-refractivity contribution in [2.45, 2.75) is 46.0 Å². The van der Waals surface area contributed by atoms with E-state index < -0.39 is 0 Å². The summed E-state index contributed by atoms with van der Waals surface area (Å²) >= 11 is 0. The highest BCUT2D eigenvalue weighted by Gasteiger charge is 1.96. The van der Waals surface area contributed by atoms with Gasteiger partial charge < -0.3 is 0 Å². The van der Waals surface area contributed by atoms with Crippen molar-refractivity contribution in [1.29, 1.82) is 0 Å². The standard InChI is InChI=1S/C15H19/c1-4-5-6-7-8-9-15-11-10-13(2)14(3)12-15/h10-12H,5-9H2,2-3H3. The predicted octanol–water partition coefficient (Wildman–Crippen LogP) is 4.00. The van der Waals surface area contributed by atoms with Crippen molar-refractivity contribution < 1.29 is 0 Å². The fourth-order valence-corrected chi connectivity index (χ4v) is 1.68. The Hall–Kier alpha value is -1.22. The molecule has 15 heavy (non-hydrogen) atoms. The van der Waals surface area contributed by atoms with Crippen LogP contribution in [0.25, 0.3) is 0 Å². The van der Waals surface area contributed by atoms with Gasteiger partial charge in [0.25, 0.3) is 0 Å². The summed E-state index contributed by atoms with van der Waals surface area (Å²) in [5, 5.41) is 0. The number of benzene rings is 1. The molecule has 0 bridgehead atoms. The Morgan fingerprint density at radius 2 is 1.87 bits per heavy atom. The molecule has 79 valence electrons. The molecule has 0 spiro atoms. The van der Waals surface area contributed by atoms with Crippen LogP contribution < -0.4 is 0 Å². The summed E-state index contributed by atoms with van der Waals surface area (Å²) in [6, 6.07) is 6.72. The molecule has 0 N–H and O–H groups in total. The Kier molecular flexibility index (Phi) is 4.98. The zero-order valence-electron chi connectivity index (χ0n) is 9.77.